The van der Waals surface area contributed by atoms with Crippen LogP contribution < -0.4 is 0 Å². The first-order valence-corrected chi connectivity index (χ1v) is 15.8. The van der Waals surface area contributed by atoms with Crippen LogP contribution in [-0.4, -0.2) is 38.5 Å². The van der Waals surface area contributed by atoms with Gasteiger partial charge in [0.2, 0.25) is 20.0 Å². The maximum absolute atomic E-state index is 13.8. The summed E-state index contributed by atoms with van der Waals surface area (Å²) in [5.41, 5.74) is 2.97. The maximum Gasteiger partial charge on any atom is 0.243 e. The van der Waals surface area contributed by atoms with Crippen LogP contribution in [-0.2, 0) is 33.1 Å². The predicted octanol–water partition coefficient (Wildman–Crippen LogP) is 5.77. The highest BCUT2D eigenvalue weighted by Gasteiger charge is 2.28. The van der Waals surface area contributed by atoms with Crippen molar-refractivity contribution in [1.82, 2.24) is 8.61 Å². The highest BCUT2D eigenvalue weighted by atomic mass is 32.2. The van der Waals surface area contributed by atoms with Crippen LogP contribution >= 0.6 is 0 Å². The Balaban J connectivity index is 1.61. The first-order chi connectivity index (χ1) is 17.7. The van der Waals surface area contributed by atoms with E-state index in [1.807, 2.05) is 54.6 Å². The van der Waals surface area contributed by atoms with Crippen molar-refractivity contribution in [3.8, 4) is 0 Å². The van der Waals surface area contributed by atoms with Crippen LogP contribution in [0.2, 0.25) is 0 Å². The number of hydrogen-bond acceptors (Lipinski definition) is 4. The zero-order chi connectivity index (χ0) is 26.5. The van der Waals surface area contributed by atoms with Gasteiger partial charge < -0.3 is 0 Å². The third-order valence-corrected chi connectivity index (χ3v) is 10.6. The van der Waals surface area contributed by atoms with Gasteiger partial charge in [-0.25, -0.2) is 16.8 Å². The van der Waals surface area contributed by atoms with Gasteiger partial charge in [-0.05, 0) is 59.7 Å². The van der Waals surface area contributed by atoms with E-state index in [0.29, 0.717) is 19.0 Å². The van der Waals surface area contributed by atoms with Crippen LogP contribution in [0.15, 0.2) is 88.7 Å². The van der Waals surface area contributed by atoms with Crippen LogP contribution in [0.25, 0.3) is 0 Å². The van der Waals surface area contributed by atoms with Gasteiger partial charge in [-0.15, -0.1) is 0 Å². The van der Waals surface area contributed by atoms with E-state index in [2.05, 4.69) is 13.8 Å². The second-order valence-corrected chi connectivity index (χ2v) is 13.8. The summed E-state index contributed by atoms with van der Waals surface area (Å²) in [5.74, 6) is 0.391. The number of sulfonamides is 2. The van der Waals surface area contributed by atoms with Gasteiger partial charge in [-0.3, -0.25) is 0 Å². The van der Waals surface area contributed by atoms with Crippen molar-refractivity contribution in [2.45, 2.75) is 68.3 Å². The molecule has 1 saturated heterocycles. The summed E-state index contributed by atoms with van der Waals surface area (Å²) in [6.07, 6.45) is 3.75. The molecule has 0 saturated carbocycles. The minimum absolute atomic E-state index is 0.0806. The molecule has 1 fully saturated rings. The van der Waals surface area contributed by atoms with Gasteiger partial charge in [0, 0.05) is 26.2 Å². The van der Waals surface area contributed by atoms with Crippen LogP contribution in [0.1, 0.15) is 62.1 Å². The lowest BCUT2D eigenvalue weighted by molar-refractivity contribution is 0.401. The summed E-state index contributed by atoms with van der Waals surface area (Å²) in [5, 5.41) is 0. The molecule has 0 radical (unpaired) electrons. The van der Waals surface area contributed by atoms with Crippen molar-refractivity contribution in [3.05, 3.63) is 95.6 Å². The van der Waals surface area contributed by atoms with E-state index in [4.69, 9.17) is 0 Å². The first-order valence-electron chi connectivity index (χ1n) is 12.9. The van der Waals surface area contributed by atoms with Crippen molar-refractivity contribution < 1.29 is 16.8 Å². The van der Waals surface area contributed by atoms with E-state index in [-0.39, 0.29) is 22.9 Å². The van der Waals surface area contributed by atoms with Gasteiger partial charge >= 0.3 is 0 Å². The highest BCUT2D eigenvalue weighted by Crippen LogP contribution is 2.26. The molecule has 0 aromatic heterocycles. The third kappa shape index (κ3) is 6.68. The first kappa shape index (κ1) is 27.5. The van der Waals surface area contributed by atoms with Crippen LogP contribution in [0, 0.1) is 0 Å². The minimum Gasteiger partial charge on any atom is -0.207 e. The van der Waals surface area contributed by atoms with Crippen molar-refractivity contribution in [1.29, 1.82) is 0 Å². The van der Waals surface area contributed by atoms with E-state index >= 15 is 0 Å². The predicted molar refractivity (Wildman–Crippen MR) is 147 cm³/mol. The number of rotatable bonds is 9. The molecule has 0 spiro atoms. The molecule has 3 aromatic carbocycles. The lowest BCUT2D eigenvalue weighted by Gasteiger charge is -2.23. The molecule has 3 aromatic rings. The molecule has 198 valence electrons. The molecule has 0 unspecified atom stereocenters. The van der Waals surface area contributed by atoms with Crippen LogP contribution in [0.4, 0.5) is 0 Å². The van der Waals surface area contributed by atoms with Gasteiger partial charge in [0.25, 0.3) is 0 Å². The van der Waals surface area contributed by atoms with Gasteiger partial charge in [0.05, 0.1) is 9.79 Å². The van der Waals surface area contributed by atoms with E-state index in [1.165, 1.54) is 38.4 Å². The second-order valence-electron chi connectivity index (χ2n) is 9.94. The Labute approximate surface area is 222 Å². The van der Waals surface area contributed by atoms with Crippen molar-refractivity contribution in [2.75, 3.05) is 13.1 Å². The molecule has 4 rings (SSSR count). The average Bonchev–Trinajstić information content (AvgIpc) is 3.20. The van der Waals surface area contributed by atoms with Gasteiger partial charge in [-0.2, -0.15) is 8.61 Å². The second kappa shape index (κ2) is 11.9. The molecule has 1 heterocycles. The molecule has 6 nitrogen and oxygen atoms in total. The standard InChI is InChI=1S/C29H36N2O4S2/c1-24(2)27-14-12-26(13-15-27)23-31(22-25-10-6-5-7-11-25)37(34,35)29-18-16-28(17-19-29)36(32,33)30-20-8-3-4-9-21-30/h5-7,10-19,24H,3-4,8-9,20-23H2,1-2H3. The summed E-state index contributed by atoms with van der Waals surface area (Å²) in [6, 6.07) is 23.2. The fourth-order valence-corrected chi connectivity index (χ4v) is 7.52. The molecule has 0 N–H and O–H groups in total. The fourth-order valence-electron chi connectivity index (χ4n) is 4.59. The molecule has 8 heteroatoms. The Kier molecular flexibility index (Phi) is 8.85. The molecule has 0 bridgehead atoms. The van der Waals surface area contributed by atoms with Gasteiger partial charge in [0.1, 0.15) is 0 Å². The SMILES string of the molecule is CC(C)c1ccc(CN(Cc2ccccc2)S(=O)(=O)c2ccc(S(=O)(=O)N3CCCCCC3)cc2)cc1. The molecule has 0 amide bonds. The number of benzene rings is 3. The largest absolute Gasteiger partial charge is 0.243 e. The van der Waals surface area contributed by atoms with E-state index in [0.717, 1.165) is 36.8 Å². The zero-order valence-corrected chi connectivity index (χ0v) is 23.2. The fraction of sp³-hybridized carbons (Fsp3) is 0.379. The summed E-state index contributed by atoms with van der Waals surface area (Å²) < 4.78 is 56.9. The molecular weight excluding hydrogens is 504 g/mol. The smallest absolute Gasteiger partial charge is 0.207 e. The Morgan fingerprint density at radius 1 is 0.676 bits per heavy atom. The zero-order valence-electron chi connectivity index (χ0n) is 21.6. The lowest BCUT2D eigenvalue weighted by atomic mass is 10.0. The Bertz CT molecular complexity index is 1360. The number of nitrogens with zero attached hydrogens (tertiary/aromatic N) is 2. The third-order valence-electron chi connectivity index (χ3n) is 6.87. The summed E-state index contributed by atoms with van der Waals surface area (Å²) in [7, 11) is -7.54. The van der Waals surface area contributed by atoms with Crippen LogP contribution in [0.5, 0.6) is 0 Å². The highest BCUT2D eigenvalue weighted by molar-refractivity contribution is 7.89. The van der Waals surface area contributed by atoms with Crippen molar-refractivity contribution in [2.24, 2.45) is 0 Å². The normalized spacial score (nSPS) is 15.7. The Morgan fingerprint density at radius 3 is 1.73 bits per heavy atom. The molecular formula is C29H36N2O4S2. The summed E-state index contributed by atoms with van der Waals surface area (Å²) in [4.78, 5) is 0.212. The Hall–Kier alpha value is -2.52. The average molecular weight is 541 g/mol. The van der Waals surface area contributed by atoms with Crippen molar-refractivity contribution in [3.63, 3.8) is 0 Å². The number of hydrogen-bond donors (Lipinski definition) is 0. The minimum atomic E-state index is -3.89. The van der Waals surface area contributed by atoms with E-state index < -0.39 is 20.0 Å². The maximum atomic E-state index is 13.8. The Morgan fingerprint density at radius 2 is 1.19 bits per heavy atom. The van der Waals surface area contributed by atoms with Gasteiger partial charge in [0.15, 0.2) is 0 Å². The summed E-state index contributed by atoms with van der Waals surface area (Å²) >= 11 is 0. The molecule has 0 aliphatic carbocycles. The monoisotopic (exact) mass is 540 g/mol. The molecule has 1 aliphatic rings. The topological polar surface area (TPSA) is 74.8 Å². The molecule has 1 aliphatic heterocycles. The summed E-state index contributed by atoms with van der Waals surface area (Å²) in [6.45, 7) is 5.67. The van der Waals surface area contributed by atoms with Gasteiger partial charge in [-0.1, -0.05) is 81.3 Å². The van der Waals surface area contributed by atoms with E-state index in [1.54, 1.807) is 0 Å². The lowest BCUT2D eigenvalue weighted by Crippen LogP contribution is -2.32. The van der Waals surface area contributed by atoms with Crippen molar-refractivity contribution >= 4 is 20.0 Å². The quantitative estimate of drug-likeness (QED) is 0.346. The molecule has 37 heavy (non-hydrogen) atoms. The van der Waals surface area contributed by atoms with Crippen LogP contribution in [0.3, 0.4) is 0 Å². The van der Waals surface area contributed by atoms with E-state index in [9.17, 15) is 16.8 Å². The molecule has 0 atom stereocenters.